The number of nitrogens with zero attached hydrogens (tertiary/aromatic N) is 1. The van der Waals surface area contributed by atoms with Crippen LogP contribution in [-0.4, -0.2) is 49.5 Å². The first-order valence-electron chi connectivity index (χ1n) is 7.46. The maximum atomic E-state index is 12.5. The first-order chi connectivity index (χ1) is 9.13. The zero-order chi connectivity index (χ0) is 13.8. The Hall–Kier alpha value is -1.10. The molecule has 1 amide bonds. The molecule has 2 atom stereocenters. The number of piperazine rings is 1. The van der Waals surface area contributed by atoms with Crippen LogP contribution in [0.15, 0.2) is 0 Å². The Morgan fingerprint density at radius 3 is 2.26 bits per heavy atom. The van der Waals surface area contributed by atoms with Crippen LogP contribution in [0.3, 0.4) is 0 Å². The van der Waals surface area contributed by atoms with Gasteiger partial charge in [0.15, 0.2) is 0 Å². The van der Waals surface area contributed by atoms with E-state index in [0.717, 1.165) is 45.6 Å². The maximum Gasteiger partial charge on any atom is 0.226 e. The molecule has 0 aromatic carbocycles. The van der Waals surface area contributed by atoms with E-state index in [2.05, 4.69) is 6.92 Å². The number of amides is 1. The Morgan fingerprint density at radius 2 is 1.74 bits per heavy atom. The predicted octanol–water partition coefficient (Wildman–Crippen LogP) is -1.71. The fourth-order valence-electron chi connectivity index (χ4n) is 3.34. The third-order valence-corrected chi connectivity index (χ3v) is 4.67. The van der Waals surface area contributed by atoms with Crippen LogP contribution in [0, 0.1) is 11.8 Å². The minimum atomic E-state index is -1.05. The molecular formula is C14H24N2O3. The van der Waals surface area contributed by atoms with Crippen LogP contribution in [0.25, 0.3) is 0 Å². The summed E-state index contributed by atoms with van der Waals surface area (Å²) in [4.78, 5) is 27.0. The van der Waals surface area contributed by atoms with Gasteiger partial charge in [-0.05, 0) is 19.8 Å². The van der Waals surface area contributed by atoms with Gasteiger partial charge in [0.25, 0.3) is 0 Å². The van der Waals surface area contributed by atoms with Crippen molar-refractivity contribution < 1.29 is 19.6 Å². The monoisotopic (exact) mass is 268 g/mol. The molecule has 2 aliphatic rings. The van der Waals surface area contributed by atoms with Gasteiger partial charge in [0.1, 0.15) is 0 Å². The molecule has 5 nitrogen and oxygen atoms in total. The van der Waals surface area contributed by atoms with Gasteiger partial charge in [-0.25, -0.2) is 0 Å². The zero-order valence-electron chi connectivity index (χ0n) is 11.7. The lowest BCUT2D eigenvalue weighted by Crippen LogP contribution is -3.14. The number of rotatable bonds is 3. The molecular weight excluding hydrogens is 244 g/mol. The van der Waals surface area contributed by atoms with E-state index >= 15 is 0 Å². The van der Waals surface area contributed by atoms with Gasteiger partial charge in [0, 0.05) is 17.8 Å². The van der Waals surface area contributed by atoms with E-state index in [-0.39, 0.29) is 11.8 Å². The maximum absolute atomic E-state index is 12.5. The Bertz CT molecular complexity index is 338. The molecule has 0 aromatic rings. The molecule has 1 saturated carbocycles. The quantitative estimate of drug-likeness (QED) is 0.663. The van der Waals surface area contributed by atoms with Crippen molar-refractivity contribution in [2.75, 3.05) is 32.7 Å². The third kappa shape index (κ3) is 3.26. The lowest BCUT2D eigenvalue weighted by atomic mass is 9.78. The number of nitrogens with one attached hydrogen (secondary N) is 1. The van der Waals surface area contributed by atoms with Gasteiger partial charge >= 0.3 is 0 Å². The number of carboxylic acid groups (broad SMARTS) is 1. The average Bonchev–Trinajstić information content (AvgIpc) is 2.46. The van der Waals surface area contributed by atoms with Crippen molar-refractivity contribution in [3.05, 3.63) is 0 Å². The highest BCUT2D eigenvalue weighted by Gasteiger charge is 2.35. The Kier molecular flexibility index (Phi) is 4.80. The van der Waals surface area contributed by atoms with Crippen LogP contribution >= 0.6 is 0 Å². The van der Waals surface area contributed by atoms with Crippen LogP contribution < -0.4 is 10.0 Å². The highest BCUT2D eigenvalue weighted by atomic mass is 16.4. The van der Waals surface area contributed by atoms with Gasteiger partial charge in [-0.2, -0.15) is 0 Å². The molecule has 1 heterocycles. The van der Waals surface area contributed by atoms with E-state index in [1.165, 1.54) is 4.90 Å². The largest absolute Gasteiger partial charge is 0.550 e. The fourth-order valence-corrected chi connectivity index (χ4v) is 3.34. The number of carboxylic acids is 1. The Balaban J connectivity index is 1.96. The van der Waals surface area contributed by atoms with Gasteiger partial charge in [-0.3, -0.25) is 4.79 Å². The summed E-state index contributed by atoms with van der Waals surface area (Å²) < 4.78 is 0. The van der Waals surface area contributed by atoms with Crippen LogP contribution in [0.5, 0.6) is 0 Å². The standard InChI is InChI=1S/C14H24N2O3/c1-2-15-7-9-16(10-8-15)13(17)11-5-3-4-6-12(11)14(18)19/h11-12H,2-10H2,1H3,(H,18,19)/t11-,12+/m0/s1. The van der Waals surface area contributed by atoms with Crippen molar-refractivity contribution in [1.29, 1.82) is 0 Å². The molecule has 0 radical (unpaired) electrons. The van der Waals surface area contributed by atoms with Gasteiger partial charge in [-0.15, -0.1) is 0 Å². The van der Waals surface area contributed by atoms with Crippen LogP contribution in [0.1, 0.15) is 32.6 Å². The topological polar surface area (TPSA) is 64.9 Å². The molecule has 2 fully saturated rings. The van der Waals surface area contributed by atoms with Crippen molar-refractivity contribution >= 4 is 11.9 Å². The van der Waals surface area contributed by atoms with E-state index in [1.54, 1.807) is 0 Å². The number of likely N-dealkylation sites (N-methyl/N-ethyl adjacent to an activating group) is 1. The summed E-state index contributed by atoms with van der Waals surface area (Å²) in [6, 6.07) is 0. The lowest BCUT2D eigenvalue weighted by molar-refractivity contribution is -0.902. The van der Waals surface area contributed by atoms with Gasteiger partial charge < -0.3 is 19.7 Å². The summed E-state index contributed by atoms with van der Waals surface area (Å²) >= 11 is 0. The van der Waals surface area contributed by atoms with E-state index in [0.29, 0.717) is 12.8 Å². The molecule has 0 unspecified atom stereocenters. The second-order valence-electron chi connectivity index (χ2n) is 5.75. The Labute approximate surface area is 114 Å². The summed E-state index contributed by atoms with van der Waals surface area (Å²) in [7, 11) is 0. The predicted molar refractivity (Wildman–Crippen MR) is 68.3 cm³/mol. The van der Waals surface area contributed by atoms with E-state index in [4.69, 9.17) is 0 Å². The molecule has 2 rings (SSSR count). The normalized spacial score (nSPS) is 29.2. The molecule has 0 aromatic heterocycles. The van der Waals surface area contributed by atoms with Gasteiger partial charge in [-0.1, -0.05) is 12.8 Å². The highest BCUT2D eigenvalue weighted by molar-refractivity contribution is 5.84. The average molecular weight is 268 g/mol. The van der Waals surface area contributed by atoms with Crippen LogP contribution in [-0.2, 0) is 9.59 Å². The Morgan fingerprint density at radius 1 is 1.16 bits per heavy atom. The summed E-state index contributed by atoms with van der Waals surface area (Å²) in [5, 5.41) is 11.2. The zero-order valence-corrected chi connectivity index (χ0v) is 11.7. The molecule has 1 saturated heterocycles. The van der Waals surface area contributed by atoms with Gasteiger partial charge in [0.05, 0.1) is 32.7 Å². The van der Waals surface area contributed by atoms with E-state index in [1.807, 2.05) is 4.90 Å². The summed E-state index contributed by atoms with van der Waals surface area (Å²) in [6.07, 6.45) is 3.16. The smallest absolute Gasteiger partial charge is 0.226 e. The fraction of sp³-hybridized carbons (Fsp3) is 0.857. The molecule has 1 N–H and O–H groups in total. The van der Waals surface area contributed by atoms with Crippen molar-refractivity contribution in [1.82, 2.24) is 4.90 Å². The minimum absolute atomic E-state index is 0.0454. The third-order valence-electron chi connectivity index (χ3n) is 4.67. The van der Waals surface area contributed by atoms with E-state index in [9.17, 15) is 14.7 Å². The molecule has 0 bridgehead atoms. The van der Waals surface area contributed by atoms with E-state index < -0.39 is 11.9 Å². The minimum Gasteiger partial charge on any atom is -0.550 e. The number of carbonyl (C=O) groups excluding carboxylic acids is 2. The highest BCUT2D eigenvalue weighted by Crippen LogP contribution is 2.31. The molecule has 0 spiro atoms. The number of aliphatic carboxylic acids is 1. The lowest BCUT2D eigenvalue weighted by Gasteiger charge is -2.37. The second-order valence-corrected chi connectivity index (χ2v) is 5.75. The van der Waals surface area contributed by atoms with Crippen LogP contribution in [0.2, 0.25) is 0 Å². The summed E-state index contributed by atoms with van der Waals surface area (Å²) in [5.41, 5.74) is 0. The molecule has 108 valence electrons. The van der Waals surface area contributed by atoms with Crippen molar-refractivity contribution in [2.24, 2.45) is 11.8 Å². The van der Waals surface area contributed by atoms with Crippen molar-refractivity contribution in [3.8, 4) is 0 Å². The molecule has 5 heteroatoms. The van der Waals surface area contributed by atoms with Crippen molar-refractivity contribution in [2.45, 2.75) is 32.6 Å². The second kappa shape index (κ2) is 6.37. The van der Waals surface area contributed by atoms with Crippen molar-refractivity contribution in [3.63, 3.8) is 0 Å². The molecule has 1 aliphatic carbocycles. The van der Waals surface area contributed by atoms with Gasteiger partial charge in [0.2, 0.25) is 5.91 Å². The number of carbonyl (C=O) groups is 2. The number of hydrogen-bond acceptors (Lipinski definition) is 3. The molecule has 1 aliphatic heterocycles. The summed E-state index contributed by atoms with van der Waals surface area (Å²) in [5.74, 6) is -1.92. The number of quaternary nitrogens is 1. The molecule has 19 heavy (non-hydrogen) atoms. The summed E-state index contributed by atoms with van der Waals surface area (Å²) in [6.45, 7) is 6.72. The first kappa shape index (κ1) is 14.3. The SMILES string of the molecule is CC[NH+]1CCN(C(=O)[C@H]2CCCC[C@H]2C(=O)[O-])CC1. The first-order valence-corrected chi connectivity index (χ1v) is 7.46. The number of hydrogen-bond donors (Lipinski definition) is 1. The van der Waals surface area contributed by atoms with Crippen LogP contribution in [0.4, 0.5) is 0 Å².